The Morgan fingerprint density at radius 1 is 0.820 bits per heavy atom. The van der Waals surface area contributed by atoms with Crippen molar-refractivity contribution < 1.29 is 28.7 Å². The van der Waals surface area contributed by atoms with Crippen molar-refractivity contribution in [2.45, 2.75) is 52.1 Å². The van der Waals surface area contributed by atoms with Crippen molar-refractivity contribution in [2.24, 2.45) is 5.92 Å². The highest BCUT2D eigenvalue weighted by atomic mass is 31.2. The molecule has 3 N–H and O–H groups in total. The summed E-state index contributed by atoms with van der Waals surface area (Å²) in [4.78, 5) is 55.8. The molecule has 0 aromatic heterocycles. The number of carboxylic acid groups (broad SMARTS) is 1. The molecule has 0 saturated carbocycles. The van der Waals surface area contributed by atoms with E-state index in [1.54, 1.807) is 24.3 Å². The summed E-state index contributed by atoms with van der Waals surface area (Å²) in [7, 11) is -2.13. The lowest BCUT2D eigenvalue weighted by Crippen LogP contribution is -2.69. The minimum Gasteiger partial charge on any atom is -0.477 e. The number of likely N-dealkylation sites (tertiary alicyclic amines) is 1. The van der Waals surface area contributed by atoms with Gasteiger partial charge in [-0.2, -0.15) is 0 Å². The molecule has 0 bridgehead atoms. The third-order valence-electron chi connectivity index (χ3n) is 8.68. The number of Topliss-reactive ketones (excluding diaryl/α,β-unsaturated/α-hetero) is 1. The summed E-state index contributed by atoms with van der Waals surface area (Å²) in [6, 6.07) is 33.9. The van der Waals surface area contributed by atoms with Crippen LogP contribution in [-0.4, -0.2) is 66.1 Å². The van der Waals surface area contributed by atoms with Gasteiger partial charge < -0.3 is 25.1 Å². The summed E-state index contributed by atoms with van der Waals surface area (Å²) in [5, 5.41) is 19.0. The fraction of sp³-hybridized carbons (Fsp3) is 0.256. The zero-order valence-corrected chi connectivity index (χ0v) is 30.9. The number of β-lactam (4-membered cyclic amide) rings is 1. The smallest absolute Gasteiger partial charge is 0.353 e. The second-order valence-electron chi connectivity index (χ2n) is 13.2. The van der Waals surface area contributed by atoms with Crippen molar-refractivity contribution in [3.05, 3.63) is 121 Å². The Morgan fingerprint density at radius 2 is 1.30 bits per heavy atom. The molecular formula is C39H44N3O6PSi. The van der Waals surface area contributed by atoms with Gasteiger partial charge >= 0.3 is 12.0 Å². The molecule has 1 saturated heterocycles. The molecule has 1 aliphatic heterocycles. The van der Waals surface area contributed by atoms with Crippen LogP contribution in [0.15, 0.2) is 115 Å². The lowest BCUT2D eigenvalue weighted by Gasteiger charge is -2.51. The average molecular weight is 710 g/mol. The van der Waals surface area contributed by atoms with Crippen molar-refractivity contribution in [1.29, 1.82) is 0 Å². The van der Waals surface area contributed by atoms with Crippen molar-refractivity contribution in [1.82, 2.24) is 10.2 Å². The number of hydrogen-bond acceptors (Lipinski definition) is 5. The summed E-state index contributed by atoms with van der Waals surface area (Å²) in [5.74, 6) is -2.59. The fourth-order valence-electron chi connectivity index (χ4n) is 6.75. The Labute approximate surface area is 294 Å². The molecule has 1 heterocycles. The van der Waals surface area contributed by atoms with Crippen LogP contribution in [-0.2, 0) is 14.0 Å². The van der Waals surface area contributed by atoms with E-state index in [-0.39, 0.29) is 29.6 Å². The van der Waals surface area contributed by atoms with Gasteiger partial charge in [0.15, 0.2) is 14.1 Å². The lowest BCUT2D eigenvalue weighted by molar-refractivity contribution is -0.155. The largest absolute Gasteiger partial charge is 0.477 e. The number of hydrogen-bond donors (Lipinski definition) is 3. The Hall–Kier alpha value is -4.76. The van der Waals surface area contributed by atoms with E-state index in [9.17, 15) is 24.3 Å². The van der Waals surface area contributed by atoms with Gasteiger partial charge in [-0.15, -0.1) is 0 Å². The second kappa shape index (κ2) is 15.4. The molecule has 11 heteroatoms. The summed E-state index contributed by atoms with van der Waals surface area (Å²) in [6.07, 6.45) is -0.659. The second-order valence-corrected chi connectivity index (χ2v) is 21.0. The molecule has 0 aliphatic carbocycles. The average Bonchev–Trinajstić information content (AvgIpc) is 3.09. The third kappa shape index (κ3) is 7.53. The van der Waals surface area contributed by atoms with Crippen molar-refractivity contribution in [2.75, 3.05) is 11.9 Å². The number of amides is 3. The normalized spacial score (nSPS) is 16.6. The molecule has 50 heavy (non-hydrogen) atoms. The lowest BCUT2D eigenvalue weighted by atomic mass is 9.79. The van der Waals surface area contributed by atoms with E-state index in [4.69, 9.17) is 4.43 Å². The van der Waals surface area contributed by atoms with Crippen LogP contribution in [0.1, 0.15) is 30.6 Å². The number of nitrogens with one attached hydrogen (secondary N) is 2. The number of anilines is 1. The molecule has 0 spiro atoms. The Kier molecular flexibility index (Phi) is 11.3. The first-order valence-electron chi connectivity index (χ1n) is 16.7. The minimum absolute atomic E-state index is 0.0400. The molecule has 3 amide bonds. The molecule has 4 aromatic rings. The van der Waals surface area contributed by atoms with Gasteiger partial charge in [0.1, 0.15) is 5.42 Å². The summed E-state index contributed by atoms with van der Waals surface area (Å²) < 4.78 is 6.42. The highest BCUT2D eigenvalue weighted by Crippen LogP contribution is 2.50. The Bertz CT molecular complexity index is 1790. The van der Waals surface area contributed by atoms with E-state index in [1.165, 1.54) is 4.90 Å². The van der Waals surface area contributed by atoms with E-state index in [2.05, 4.69) is 10.6 Å². The molecule has 0 unspecified atom stereocenters. The summed E-state index contributed by atoms with van der Waals surface area (Å²) in [6.45, 7) is 7.01. The maximum Gasteiger partial charge on any atom is 0.353 e. The van der Waals surface area contributed by atoms with Crippen LogP contribution in [0, 0.1) is 5.92 Å². The Morgan fingerprint density at radius 3 is 1.72 bits per heavy atom. The Balaban J connectivity index is 1.71. The number of rotatable bonds is 13. The predicted molar refractivity (Wildman–Crippen MR) is 204 cm³/mol. The standard InChI is InChI=1S/C39H44N3O6PSi/c1-6-40-39(47)41-29-24-22-28(23-25-29)34(43)26-33-35(27(2)48-50(3,4)5)36(44)42(33)37(38(45)46)49(30-16-10-7-11-17-30,31-18-12-8-13-19-31)32-20-14-9-15-21-32/h7-25,27,33,35H,6,26H2,1-5H3,(H,45,46)(H2,40,41,47)/t27-,33-,35-/m1/s1. The van der Waals surface area contributed by atoms with Gasteiger partial charge in [-0.3, -0.25) is 9.59 Å². The van der Waals surface area contributed by atoms with E-state index in [0.29, 0.717) is 17.8 Å². The number of benzene rings is 4. The molecule has 4 aromatic carbocycles. The van der Waals surface area contributed by atoms with Crippen molar-refractivity contribution in [3.8, 4) is 0 Å². The molecule has 260 valence electrons. The zero-order chi connectivity index (χ0) is 36.1. The third-order valence-corrected chi connectivity index (χ3v) is 14.0. The minimum atomic E-state index is -3.22. The maximum absolute atomic E-state index is 14.5. The van der Waals surface area contributed by atoms with Crippen LogP contribution in [0.2, 0.25) is 19.6 Å². The fourth-order valence-corrected chi connectivity index (χ4v) is 12.4. The number of carbonyl (C=O) groups excluding carboxylic acids is 3. The van der Waals surface area contributed by atoms with Crippen LogP contribution >= 0.6 is 6.89 Å². The van der Waals surface area contributed by atoms with Crippen LogP contribution in [0.5, 0.6) is 0 Å². The SMILES string of the molecule is CCNC(=O)Nc1ccc(C(=O)C[C@@H]2[C@@H]([C@@H](C)O[Si](C)(C)C)C(=O)N2C(C(=O)O)=P(c2ccccc2)(c2ccccc2)c2ccccc2)cc1. The van der Waals surface area contributed by atoms with E-state index >= 15 is 0 Å². The van der Waals surface area contributed by atoms with Gasteiger partial charge in [-0.1, -0.05) is 91.0 Å². The quantitative estimate of drug-likeness (QED) is 0.0711. The maximum atomic E-state index is 14.5. The number of carbonyl (C=O) groups is 4. The van der Waals surface area contributed by atoms with E-state index in [1.807, 2.05) is 124 Å². The van der Waals surface area contributed by atoms with Crippen LogP contribution in [0.3, 0.4) is 0 Å². The first-order chi connectivity index (χ1) is 23.9. The van der Waals surface area contributed by atoms with Gasteiger partial charge in [0.05, 0.1) is 18.1 Å². The van der Waals surface area contributed by atoms with Gasteiger partial charge in [0.25, 0.3) is 0 Å². The first kappa shape index (κ1) is 36.5. The number of urea groups is 1. The summed E-state index contributed by atoms with van der Waals surface area (Å²) in [5.41, 5.74) is 0.866. The molecule has 0 radical (unpaired) electrons. The number of ketones is 1. The number of aliphatic carboxylic acids is 1. The van der Waals surface area contributed by atoms with Crippen molar-refractivity contribution in [3.63, 3.8) is 0 Å². The summed E-state index contributed by atoms with van der Waals surface area (Å²) >= 11 is 0. The van der Waals surface area contributed by atoms with Crippen LogP contribution < -0.4 is 26.5 Å². The first-order valence-corrected chi connectivity index (χ1v) is 21.9. The van der Waals surface area contributed by atoms with Gasteiger partial charge in [0.2, 0.25) is 5.91 Å². The number of nitrogens with zero attached hydrogens (tertiary/aromatic N) is 1. The van der Waals surface area contributed by atoms with E-state index in [0.717, 1.165) is 15.9 Å². The molecule has 9 nitrogen and oxygen atoms in total. The molecule has 5 rings (SSSR count). The van der Waals surface area contributed by atoms with Crippen molar-refractivity contribution >= 4 is 65.9 Å². The predicted octanol–water partition coefficient (Wildman–Crippen LogP) is 5.68. The van der Waals surface area contributed by atoms with Gasteiger partial charge in [0, 0.05) is 31.1 Å². The topological polar surface area (TPSA) is 125 Å². The molecule has 3 atom stereocenters. The highest BCUT2D eigenvalue weighted by molar-refractivity contribution is 7.96. The number of carboxylic acids is 1. The van der Waals surface area contributed by atoms with E-state index < -0.39 is 39.2 Å². The van der Waals surface area contributed by atoms with Crippen LogP contribution in [0.25, 0.3) is 0 Å². The molecule has 1 aliphatic rings. The van der Waals surface area contributed by atoms with Crippen LogP contribution in [0.4, 0.5) is 10.5 Å². The van der Waals surface area contributed by atoms with Gasteiger partial charge in [-0.25, -0.2) is 9.59 Å². The molecular weight excluding hydrogens is 666 g/mol. The molecule has 1 fully saturated rings. The zero-order valence-electron chi connectivity index (χ0n) is 29.0. The monoisotopic (exact) mass is 709 g/mol. The highest BCUT2D eigenvalue weighted by Gasteiger charge is 2.56. The van der Waals surface area contributed by atoms with Gasteiger partial charge in [-0.05, 0) is 73.7 Å².